The molecule has 25 heavy (non-hydrogen) atoms. The molecule has 1 amide bonds. The monoisotopic (exact) mass is 380 g/mol. The Labute approximate surface area is 159 Å². The summed E-state index contributed by atoms with van der Waals surface area (Å²) in [6.07, 6.45) is 4.49. The Morgan fingerprint density at radius 1 is 1.24 bits per heavy atom. The largest absolute Gasteiger partial charge is 0.488 e. The van der Waals surface area contributed by atoms with Crippen LogP contribution in [0.5, 0.6) is 5.75 Å². The summed E-state index contributed by atoms with van der Waals surface area (Å²) in [4.78, 5) is 13.7. The average Bonchev–Trinajstić information content (AvgIpc) is 3.14. The van der Waals surface area contributed by atoms with Crippen molar-refractivity contribution in [2.24, 2.45) is 11.7 Å². The molecule has 4 nitrogen and oxygen atoms in total. The topological polar surface area (TPSA) is 64.3 Å². The molecule has 0 spiro atoms. The molecule has 3 N–H and O–H groups in total. The van der Waals surface area contributed by atoms with E-state index in [1.165, 1.54) is 6.42 Å². The van der Waals surface area contributed by atoms with Gasteiger partial charge in [0.1, 0.15) is 12.4 Å². The van der Waals surface area contributed by atoms with Crippen molar-refractivity contribution in [3.8, 4) is 5.75 Å². The van der Waals surface area contributed by atoms with Crippen molar-refractivity contribution in [3.63, 3.8) is 0 Å². The van der Waals surface area contributed by atoms with Gasteiger partial charge in [0.25, 0.3) is 5.91 Å². The molecular weight excluding hydrogens is 356 g/mol. The number of nitrogens with two attached hydrogens (primary N) is 1. The summed E-state index contributed by atoms with van der Waals surface area (Å²) >= 11 is 1.66. The summed E-state index contributed by atoms with van der Waals surface area (Å²) in [7, 11) is 0. The highest BCUT2D eigenvalue weighted by atomic mass is 35.5. The lowest BCUT2D eigenvalue weighted by atomic mass is 9.84. The number of nitrogens with one attached hydrogen (secondary N) is 1. The van der Waals surface area contributed by atoms with Crippen molar-refractivity contribution >= 4 is 29.7 Å². The van der Waals surface area contributed by atoms with Crippen LogP contribution < -0.4 is 15.8 Å². The van der Waals surface area contributed by atoms with Crippen LogP contribution in [0.3, 0.4) is 0 Å². The molecular formula is C19H25ClN2O2S. The molecule has 6 heteroatoms. The van der Waals surface area contributed by atoms with Crippen LogP contribution in [0.4, 0.5) is 0 Å². The molecule has 1 saturated carbocycles. The number of benzene rings is 1. The van der Waals surface area contributed by atoms with Crippen molar-refractivity contribution in [3.05, 3.63) is 52.2 Å². The van der Waals surface area contributed by atoms with Crippen LogP contribution in [-0.4, -0.2) is 18.5 Å². The van der Waals surface area contributed by atoms with E-state index in [4.69, 9.17) is 10.5 Å². The highest BCUT2D eigenvalue weighted by Crippen LogP contribution is 2.24. The molecule has 2 unspecified atom stereocenters. The van der Waals surface area contributed by atoms with Crippen molar-refractivity contribution < 1.29 is 9.53 Å². The Morgan fingerprint density at radius 3 is 2.84 bits per heavy atom. The first-order valence-electron chi connectivity index (χ1n) is 8.52. The fourth-order valence-electron chi connectivity index (χ4n) is 3.21. The van der Waals surface area contributed by atoms with Crippen molar-refractivity contribution in [1.82, 2.24) is 5.32 Å². The molecule has 1 heterocycles. The molecule has 0 radical (unpaired) electrons. The lowest BCUT2D eigenvalue weighted by Gasteiger charge is -2.31. The highest BCUT2D eigenvalue weighted by Gasteiger charge is 2.25. The van der Waals surface area contributed by atoms with Gasteiger partial charge >= 0.3 is 0 Å². The van der Waals surface area contributed by atoms with E-state index in [0.717, 1.165) is 29.9 Å². The number of carbonyl (C=O) groups is 1. The number of thiophene rings is 1. The second-order valence-electron chi connectivity index (χ2n) is 6.26. The number of ether oxygens (including phenoxy) is 1. The normalized spacial score (nSPS) is 19.7. The Hall–Kier alpha value is -1.56. The van der Waals surface area contributed by atoms with Gasteiger partial charge in [-0.05, 0) is 54.9 Å². The Bertz CT molecular complexity index is 663. The minimum absolute atomic E-state index is 0. The lowest BCUT2D eigenvalue weighted by molar-refractivity contribution is 0.0907. The predicted molar refractivity (Wildman–Crippen MR) is 105 cm³/mol. The van der Waals surface area contributed by atoms with E-state index in [-0.39, 0.29) is 24.4 Å². The molecule has 2 atom stereocenters. The maximum Gasteiger partial charge on any atom is 0.251 e. The van der Waals surface area contributed by atoms with Crippen LogP contribution in [0.2, 0.25) is 0 Å². The fourth-order valence-corrected chi connectivity index (χ4v) is 3.82. The van der Waals surface area contributed by atoms with E-state index in [9.17, 15) is 4.79 Å². The number of halogens is 1. The molecule has 3 rings (SSSR count). The van der Waals surface area contributed by atoms with Gasteiger partial charge in [0.15, 0.2) is 0 Å². The van der Waals surface area contributed by atoms with Crippen LogP contribution in [0.15, 0.2) is 41.8 Å². The van der Waals surface area contributed by atoms with Gasteiger partial charge in [0, 0.05) is 16.5 Å². The van der Waals surface area contributed by atoms with Gasteiger partial charge in [-0.1, -0.05) is 25.0 Å². The van der Waals surface area contributed by atoms with E-state index >= 15 is 0 Å². The average molecular weight is 381 g/mol. The maximum absolute atomic E-state index is 12.6. The number of amides is 1. The molecule has 1 fully saturated rings. The van der Waals surface area contributed by atoms with Crippen molar-refractivity contribution in [2.45, 2.75) is 38.3 Å². The molecule has 1 aliphatic rings. The Balaban J connectivity index is 0.00000225. The molecule has 0 saturated heterocycles. The van der Waals surface area contributed by atoms with E-state index in [1.807, 2.05) is 41.8 Å². The Kier molecular flexibility index (Phi) is 7.75. The maximum atomic E-state index is 12.6. The lowest BCUT2D eigenvalue weighted by Crippen LogP contribution is -2.44. The van der Waals surface area contributed by atoms with E-state index in [1.54, 1.807) is 11.3 Å². The molecule has 0 aliphatic heterocycles. The van der Waals surface area contributed by atoms with Gasteiger partial charge in [0.2, 0.25) is 0 Å². The van der Waals surface area contributed by atoms with Crippen LogP contribution in [0, 0.1) is 5.92 Å². The first-order valence-corrected chi connectivity index (χ1v) is 9.40. The number of carbonyl (C=O) groups excluding carboxylic acids is 1. The quantitative estimate of drug-likeness (QED) is 0.796. The van der Waals surface area contributed by atoms with Crippen LogP contribution in [0.25, 0.3) is 0 Å². The van der Waals surface area contributed by atoms with Gasteiger partial charge in [-0.3, -0.25) is 4.79 Å². The molecule has 2 aromatic rings. The minimum Gasteiger partial charge on any atom is -0.488 e. The van der Waals surface area contributed by atoms with E-state index < -0.39 is 0 Å². The van der Waals surface area contributed by atoms with Crippen LogP contribution in [-0.2, 0) is 6.61 Å². The molecule has 1 aliphatic carbocycles. The predicted octanol–water partition coefficient (Wildman–Crippen LogP) is 4.00. The summed E-state index contributed by atoms with van der Waals surface area (Å²) in [5.74, 6) is 1.07. The van der Waals surface area contributed by atoms with E-state index in [2.05, 4.69) is 5.32 Å². The van der Waals surface area contributed by atoms with Crippen molar-refractivity contribution in [1.29, 1.82) is 0 Å². The first kappa shape index (κ1) is 19.8. The van der Waals surface area contributed by atoms with Gasteiger partial charge in [-0.15, -0.1) is 23.7 Å². The third kappa shape index (κ3) is 5.46. The SMILES string of the molecule is Cl.NCC1CCCCC1NC(=O)c1cccc(OCc2cccs2)c1. The van der Waals surface area contributed by atoms with Crippen LogP contribution >= 0.6 is 23.7 Å². The number of rotatable bonds is 6. The second kappa shape index (κ2) is 9.80. The standard InChI is InChI=1S/C19H24N2O2S.ClH/c20-12-15-5-1-2-9-18(15)21-19(22)14-6-3-7-16(11-14)23-13-17-8-4-10-24-17;/h3-4,6-8,10-11,15,18H,1-2,5,9,12-13,20H2,(H,21,22);1H. The fraction of sp³-hybridized carbons (Fsp3) is 0.421. The summed E-state index contributed by atoms with van der Waals surface area (Å²) in [6, 6.07) is 11.6. The van der Waals surface area contributed by atoms with Gasteiger partial charge in [-0.2, -0.15) is 0 Å². The van der Waals surface area contributed by atoms with Gasteiger partial charge in [0.05, 0.1) is 0 Å². The number of hydrogen-bond donors (Lipinski definition) is 2. The zero-order chi connectivity index (χ0) is 16.8. The summed E-state index contributed by atoms with van der Waals surface area (Å²) in [6.45, 7) is 1.16. The summed E-state index contributed by atoms with van der Waals surface area (Å²) in [5.41, 5.74) is 6.49. The van der Waals surface area contributed by atoms with Crippen LogP contribution in [0.1, 0.15) is 40.9 Å². The zero-order valence-electron chi connectivity index (χ0n) is 14.1. The molecule has 1 aromatic carbocycles. The van der Waals surface area contributed by atoms with Gasteiger partial charge < -0.3 is 15.8 Å². The number of hydrogen-bond acceptors (Lipinski definition) is 4. The highest BCUT2D eigenvalue weighted by molar-refractivity contribution is 7.09. The van der Waals surface area contributed by atoms with E-state index in [0.29, 0.717) is 24.6 Å². The zero-order valence-corrected chi connectivity index (χ0v) is 15.8. The minimum atomic E-state index is -0.0399. The molecule has 136 valence electrons. The third-order valence-corrected chi connectivity index (χ3v) is 5.44. The Morgan fingerprint density at radius 2 is 2.08 bits per heavy atom. The molecule has 0 bridgehead atoms. The summed E-state index contributed by atoms with van der Waals surface area (Å²) in [5, 5.41) is 5.19. The third-order valence-electron chi connectivity index (χ3n) is 4.59. The molecule has 1 aromatic heterocycles. The second-order valence-corrected chi connectivity index (χ2v) is 7.29. The van der Waals surface area contributed by atoms with Gasteiger partial charge in [-0.25, -0.2) is 0 Å². The summed E-state index contributed by atoms with van der Waals surface area (Å²) < 4.78 is 5.78. The van der Waals surface area contributed by atoms with Crippen molar-refractivity contribution in [2.75, 3.05) is 6.54 Å². The smallest absolute Gasteiger partial charge is 0.251 e. The first-order chi connectivity index (χ1) is 11.8.